The number of hydrogen-bond donors (Lipinski definition) is 1. The Morgan fingerprint density at radius 3 is 2.95 bits per heavy atom. The normalized spacial score (nSPS) is 27.3. The van der Waals surface area contributed by atoms with Gasteiger partial charge in [-0.25, -0.2) is 9.97 Å². The van der Waals surface area contributed by atoms with Crippen LogP contribution in [0.2, 0.25) is 0 Å². The van der Waals surface area contributed by atoms with E-state index < -0.39 is 5.41 Å². The van der Waals surface area contributed by atoms with E-state index in [0.717, 1.165) is 5.56 Å². The molecule has 3 heterocycles. The Morgan fingerprint density at radius 2 is 2.23 bits per heavy atom. The average Bonchev–Trinajstić information content (AvgIpc) is 2.96. The lowest BCUT2D eigenvalue weighted by Gasteiger charge is -2.36. The summed E-state index contributed by atoms with van der Waals surface area (Å²) in [7, 11) is 1.65. The lowest BCUT2D eigenvalue weighted by Crippen LogP contribution is -2.49. The maximum Gasteiger partial charge on any atom is 0.228 e. The fourth-order valence-corrected chi connectivity index (χ4v) is 3.47. The number of nitrogens with one attached hydrogen (secondary N) is 1. The van der Waals surface area contributed by atoms with Crippen LogP contribution in [-0.4, -0.2) is 60.0 Å². The lowest BCUT2D eigenvalue weighted by molar-refractivity contribution is -0.139. The second kappa shape index (κ2) is 6.00. The Hall–Kier alpha value is -2.02. The average molecular weight is 304 g/mol. The van der Waals surface area contributed by atoms with Crippen molar-refractivity contribution in [1.82, 2.24) is 20.2 Å². The van der Waals surface area contributed by atoms with E-state index in [1.807, 2.05) is 0 Å². The summed E-state index contributed by atoms with van der Waals surface area (Å²) in [6.07, 6.45) is 5.65. The van der Waals surface area contributed by atoms with Crippen molar-refractivity contribution in [3.05, 3.63) is 24.3 Å². The monoisotopic (exact) mass is 304 g/mol. The third-order valence-corrected chi connectivity index (χ3v) is 4.71. The summed E-state index contributed by atoms with van der Waals surface area (Å²) in [4.78, 5) is 34.5. The van der Waals surface area contributed by atoms with E-state index >= 15 is 0 Å². The molecule has 118 valence electrons. The number of rotatable bonds is 3. The quantitative estimate of drug-likeness (QED) is 0.823. The largest absolute Gasteiger partial charge is 0.381 e. The van der Waals surface area contributed by atoms with Gasteiger partial charge in [-0.1, -0.05) is 0 Å². The van der Waals surface area contributed by atoms with Gasteiger partial charge in [0.25, 0.3) is 0 Å². The number of amides is 2. The number of hydrogen-bond acceptors (Lipinski definition) is 5. The molecule has 3 rings (SSSR count). The van der Waals surface area contributed by atoms with Crippen LogP contribution in [0.5, 0.6) is 0 Å². The topological polar surface area (TPSA) is 84.4 Å². The summed E-state index contributed by atoms with van der Waals surface area (Å²) in [5.41, 5.74) is 0.281. The summed E-state index contributed by atoms with van der Waals surface area (Å²) in [5.74, 6) is 0.0868. The van der Waals surface area contributed by atoms with E-state index in [-0.39, 0.29) is 24.2 Å². The molecule has 1 aromatic heterocycles. The van der Waals surface area contributed by atoms with Crippen molar-refractivity contribution in [3.8, 4) is 0 Å². The minimum atomic E-state index is -0.504. The molecular formula is C15H20N4O3. The van der Waals surface area contributed by atoms with Crippen LogP contribution in [0.15, 0.2) is 18.7 Å². The molecule has 22 heavy (non-hydrogen) atoms. The lowest BCUT2D eigenvalue weighted by atomic mass is 9.73. The van der Waals surface area contributed by atoms with Gasteiger partial charge in [0.2, 0.25) is 11.8 Å². The number of carbonyl (C=O) groups excluding carboxylic acids is 2. The van der Waals surface area contributed by atoms with Gasteiger partial charge in [-0.2, -0.15) is 0 Å². The molecule has 1 aromatic rings. The standard InChI is InChI=1S/C15H20N4O3/c1-16-14(21)15-2-3-22-8-12(15)7-19(9-15)13(20)4-11-5-17-10-18-6-11/h5-6,10,12H,2-4,7-9H2,1H3,(H,16,21)/t12-,15+/m1/s1. The van der Waals surface area contributed by atoms with Crippen molar-refractivity contribution in [2.75, 3.05) is 33.4 Å². The fraction of sp³-hybridized carbons (Fsp3) is 0.600. The van der Waals surface area contributed by atoms with Crippen molar-refractivity contribution in [1.29, 1.82) is 0 Å². The maximum atomic E-state index is 12.5. The van der Waals surface area contributed by atoms with Gasteiger partial charge in [0.15, 0.2) is 0 Å². The van der Waals surface area contributed by atoms with Gasteiger partial charge < -0.3 is 15.0 Å². The van der Waals surface area contributed by atoms with E-state index in [9.17, 15) is 9.59 Å². The summed E-state index contributed by atoms with van der Waals surface area (Å²) < 4.78 is 5.51. The predicted octanol–water partition coefficient (Wildman–Crippen LogP) is -0.370. The Labute approximate surface area is 129 Å². The highest BCUT2D eigenvalue weighted by Gasteiger charge is 2.54. The first-order chi connectivity index (χ1) is 10.7. The second-order valence-electron chi connectivity index (χ2n) is 5.95. The van der Waals surface area contributed by atoms with Crippen LogP contribution in [0.4, 0.5) is 0 Å². The molecule has 0 radical (unpaired) electrons. The van der Waals surface area contributed by atoms with Crippen LogP contribution >= 0.6 is 0 Å². The molecule has 0 saturated carbocycles. The Morgan fingerprint density at radius 1 is 1.45 bits per heavy atom. The van der Waals surface area contributed by atoms with E-state index in [1.165, 1.54) is 6.33 Å². The van der Waals surface area contributed by atoms with E-state index in [1.54, 1.807) is 24.3 Å². The number of carbonyl (C=O) groups is 2. The highest BCUT2D eigenvalue weighted by molar-refractivity contribution is 5.86. The second-order valence-corrected chi connectivity index (χ2v) is 5.95. The molecular weight excluding hydrogens is 284 g/mol. The minimum Gasteiger partial charge on any atom is -0.381 e. The van der Waals surface area contributed by atoms with Crippen molar-refractivity contribution >= 4 is 11.8 Å². The predicted molar refractivity (Wildman–Crippen MR) is 77.7 cm³/mol. The minimum absolute atomic E-state index is 0.00692. The first kappa shape index (κ1) is 14.9. The first-order valence-electron chi connectivity index (χ1n) is 7.47. The van der Waals surface area contributed by atoms with Crippen LogP contribution in [0.3, 0.4) is 0 Å². The third-order valence-electron chi connectivity index (χ3n) is 4.71. The molecule has 2 amide bonds. The van der Waals surface area contributed by atoms with Gasteiger partial charge >= 0.3 is 0 Å². The van der Waals surface area contributed by atoms with E-state index in [4.69, 9.17) is 4.74 Å². The zero-order chi connectivity index (χ0) is 15.6. The maximum absolute atomic E-state index is 12.5. The van der Waals surface area contributed by atoms with Crippen LogP contribution in [0.1, 0.15) is 12.0 Å². The van der Waals surface area contributed by atoms with Gasteiger partial charge in [-0.3, -0.25) is 9.59 Å². The molecule has 2 aliphatic heterocycles. The molecule has 0 unspecified atom stereocenters. The zero-order valence-electron chi connectivity index (χ0n) is 12.6. The van der Waals surface area contributed by atoms with Gasteiger partial charge in [-0.05, 0) is 12.0 Å². The first-order valence-corrected chi connectivity index (χ1v) is 7.47. The summed E-state index contributed by atoms with van der Waals surface area (Å²) in [6, 6.07) is 0. The number of likely N-dealkylation sites (tertiary alicyclic amines) is 1. The van der Waals surface area contributed by atoms with Crippen LogP contribution in [0.25, 0.3) is 0 Å². The molecule has 2 fully saturated rings. The molecule has 1 N–H and O–H groups in total. The highest BCUT2D eigenvalue weighted by atomic mass is 16.5. The van der Waals surface area contributed by atoms with E-state index in [0.29, 0.717) is 32.7 Å². The van der Waals surface area contributed by atoms with Crippen LogP contribution in [0, 0.1) is 11.3 Å². The van der Waals surface area contributed by atoms with Crippen molar-refractivity contribution in [3.63, 3.8) is 0 Å². The van der Waals surface area contributed by atoms with Crippen molar-refractivity contribution in [2.24, 2.45) is 11.3 Å². The molecule has 0 aromatic carbocycles. The highest BCUT2D eigenvalue weighted by Crippen LogP contribution is 2.42. The summed E-state index contributed by atoms with van der Waals surface area (Å²) in [5, 5.41) is 2.75. The van der Waals surface area contributed by atoms with Crippen molar-refractivity contribution in [2.45, 2.75) is 12.8 Å². The smallest absolute Gasteiger partial charge is 0.228 e. The summed E-state index contributed by atoms with van der Waals surface area (Å²) >= 11 is 0. The molecule has 7 heteroatoms. The molecule has 2 atom stereocenters. The number of nitrogens with zero attached hydrogens (tertiary/aromatic N) is 3. The molecule has 0 bridgehead atoms. The van der Waals surface area contributed by atoms with Gasteiger partial charge in [0.1, 0.15) is 6.33 Å². The van der Waals surface area contributed by atoms with E-state index in [2.05, 4.69) is 15.3 Å². The van der Waals surface area contributed by atoms with Crippen LogP contribution < -0.4 is 5.32 Å². The number of aromatic nitrogens is 2. The Kier molecular flexibility index (Phi) is 4.06. The third kappa shape index (κ3) is 2.56. The fourth-order valence-electron chi connectivity index (χ4n) is 3.47. The Bertz CT molecular complexity index is 565. The van der Waals surface area contributed by atoms with Gasteiger partial charge in [0.05, 0.1) is 18.4 Å². The molecule has 0 spiro atoms. The molecule has 2 aliphatic rings. The summed E-state index contributed by atoms with van der Waals surface area (Å²) in [6.45, 7) is 2.14. The van der Waals surface area contributed by atoms with Crippen LogP contribution in [-0.2, 0) is 20.7 Å². The van der Waals surface area contributed by atoms with Gasteiger partial charge in [0, 0.05) is 45.1 Å². The molecule has 0 aliphatic carbocycles. The molecule has 7 nitrogen and oxygen atoms in total. The van der Waals surface area contributed by atoms with Gasteiger partial charge in [-0.15, -0.1) is 0 Å². The SMILES string of the molecule is CNC(=O)[C@]12CCOC[C@H]1CN(C(=O)Cc1cncnc1)C2. The zero-order valence-corrected chi connectivity index (χ0v) is 12.6. The number of ether oxygens (including phenoxy) is 1. The van der Waals surface area contributed by atoms with Crippen molar-refractivity contribution < 1.29 is 14.3 Å². The Balaban J connectivity index is 1.74. The number of fused-ring (bicyclic) bond motifs is 1. The molecule has 2 saturated heterocycles.